The minimum absolute atomic E-state index is 0.0568. The Hall–Kier alpha value is -0.0400. The molecular formula is C12H24O. The van der Waals surface area contributed by atoms with Crippen LogP contribution in [0.25, 0.3) is 0 Å². The quantitative estimate of drug-likeness (QED) is 0.698. The molecule has 3 atom stereocenters. The molecule has 1 nitrogen and oxygen atoms in total. The predicted molar refractivity (Wildman–Crippen MR) is 56.6 cm³/mol. The molecule has 78 valence electrons. The van der Waals surface area contributed by atoms with Gasteiger partial charge in [-0.2, -0.15) is 0 Å². The molecule has 0 saturated heterocycles. The van der Waals surface area contributed by atoms with E-state index in [4.69, 9.17) is 0 Å². The van der Waals surface area contributed by atoms with Crippen LogP contribution in [0.15, 0.2) is 0 Å². The van der Waals surface area contributed by atoms with Gasteiger partial charge in [0.1, 0.15) is 0 Å². The minimum atomic E-state index is -0.0568. The van der Waals surface area contributed by atoms with Crippen molar-refractivity contribution >= 4 is 0 Å². The molecule has 0 aromatic carbocycles. The molecule has 13 heavy (non-hydrogen) atoms. The van der Waals surface area contributed by atoms with Crippen LogP contribution < -0.4 is 0 Å². The fraction of sp³-hybridized carbons (Fsp3) is 1.00. The smallest absolute Gasteiger partial charge is 0.0576 e. The fourth-order valence-electron chi connectivity index (χ4n) is 2.56. The van der Waals surface area contributed by atoms with Gasteiger partial charge in [-0.05, 0) is 36.5 Å². The molecule has 0 radical (unpaired) electrons. The summed E-state index contributed by atoms with van der Waals surface area (Å²) in [6, 6.07) is 0. The van der Waals surface area contributed by atoms with E-state index in [9.17, 15) is 5.11 Å². The lowest BCUT2D eigenvalue weighted by atomic mass is 9.66. The van der Waals surface area contributed by atoms with Gasteiger partial charge in [0.15, 0.2) is 0 Å². The lowest BCUT2D eigenvalue weighted by molar-refractivity contribution is -0.0113. The third kappa shape index (κ3) is 2.46. The molecule has 0 unspecified atom stereocenters. The molecule has 1 aliphatic rings. The van der Waals surface area contributed by atoms with E-state index < -0.39 is 0 Å². The number of aliphatic hydroxyl groups is 1. The van der Waals surface area contributed by atoms with Crippen molar-refractivity contribution in [1.82, 2.24) is 0 Å². The van der Waals surface area contributed by atoms with E-state index in [2.05, 4.69) is 27.7 Å². The summed E-state index contributed by atoms with van der Waals surface area (Å²) in [6.07, 6.45) is 4.66. The molecule has 0 amide bonds. The average molecular weight is 184 g/mol. The van der Waals surface area contributed by atoms with Gasteiger partial charge in [0, 0.05) is 0 Å². The highest BCUT2D eigenvalue weighted by Crippen LogP contribution is 2.43. The summed E-state index contributed by atoms with van der Waals surface area (Å²) in [5.41, 5.74) is 0.408. The third-order valence-electron chi connectivity index (χ3n) is 3.99. The van der Waals surface area contributed by atoms with E-state index in [-0.39, 0.29) is 6.10 Å². The van der Waals surface area contributed by atoms with Gasteiger partial charge in [0.25, 0.3) is 0 Å². The molecule has 0 aromatic rings. The van der Waals surface area contributed by atoms with Crippen LogP contribution in [0, 0.1) is 17.3 Å². The third-order valence-corrected chi connectivity index (χ3v) is 3.99. The second-order valence-corrected chi connectivity index (χ2v) is 5.38. The van der Waals surface area contributed by atoms with Crippen molar-refractivity contribution in [3.05, 3.63) is 0 Å². The fourth-order valence-corrected chi connectivity index (χ4v) is 2.56. The van der Waals surface area contributed by atoms with Gasteiger partial charge in [-0.3, -0.25) is 0 Å². The van der Waals surface area contributed by atoms with Gasteiger partial charge < -0.3 is 5.11 Å². The summed E-state index contributed by atoms with van der Waals surface area (Å²) < 4.78 is 0. The van der Waals surface area contributed by atoms with Crippen LogP contribution in [0.1, 0.15) is 53.4 Å². The highest BCUT2D eigenvalue weighted by Gasteiger charge is 2.36. The summed E-state index contributed by atoms with van der Waals surface area (Å²) in [5.74, 6) is 1.18. The largest absolute Gasteiger partial charge is 0.393 e. The van der Waals surface area contributed by atoms with Gasteiger partial charge in [-0.15, -0.1) is 0 Å². The van der Waals surface area contributed by atoms with Gasteiger partial charge in [0.2, 0.25) is 0 Å². The Morgan fingerprint density at radius 3 is 2.46 bits per heavy atom. The first-order chi connectivity index (χ1) is 5.98. The molecule has 1 aliphatic carbocycles. The minimum Gasteiger partial charge on any atom is -0.393 e. The first kappa shape index (κ1) is 11.0. The van der Waals surface area contributed by atoms with Gasteiger partial charge in [-0.1, -0.05) is 34.1 Å². The van der Waals surface area contributed by atoms with Crippen molar-refractivity contribution < 1.29 is 5.11 Å². The van der Waals surface area contributed by atoms with Crippen molar-refractivity contribution in [1.29, 1.82) is 0 Å². The predicted octanol–water partition coefficient (Wildman–Crippen LogP) is 3.22. The van der Waals surface area contributed by atoms with E-state index >= 15 is 0 Å². The molecule has 1 heteroatoms. The van der Waals surface area contributed by atoms with Gasteiger partial charge in [0.05, 0.1) is 6.10 Å². The molecule has 0 heterocycles. The second-order valence-electron chi connectivity index (χ2n) is 5.38. The maximum atomic E-state index is 10.0. The normalized spacial score (nSPS) is 41.1. The molecule has 1 rings (SSSR count). The SMILES string of the molecule is CC[C@]1(C)CC[C@@H](C(C)C)[C@H](O)C1. The summed E-state index contributed by atoms with van der Waals surface area (Å²) in [6.45, 7) is 9.00. The zero-order chi connectivity index (χ0) is 10.1. The Morgan fingerprint density at radius 2 is 2.08 bits per heavy atom. The zero-order valence-corrected chi connectivity index (χ0v) is 9.51. The van der Waals surface area contributed by atoms with Crippen molar-refractivity contribution in [3.63, 3.8) is 0 Å². The first-order valence-electron chi connectivity index (χ1n) is 5.66. The maximum absolute atomic E-state index is 10.0. The summed E-state index contributed by atoms with van der Waals surface area (Å²) in [7, 11) is 0. The summed E-state index contributed by atoms with van der Waals surface area (Å²) in [4.78, 5) is 0. The van der Waals surface area contributed by atoms with Crippen molar-refractivity contribution in [2.24, 2.45) is 17.3 Å². The van der Waals surface area contributed by atoms with E-state index in [0.717, 1.165) is 6.42 Å². The average Bonchev–Trinajstić information content (AvgIpc) is 2.03. The number of hydrogen-bond donors (Lipinski definition) is 1. The van der Waals surface area contributed by atoms with Crippen LogP contribution in [0.4, 0.5) is 0 Å². The second kappa shape index (κ2) is 4.00. The van der Waals surface area contributed by atoms with Crippen LogP contribution in [0.2, 0.25) is 0 Å². The molecular weight excluding hydrogens is 160 g/mol. The van der Waals surface area contributed by atoms with Crippen LogP contribution in [0.5, 0.6) is 0 Å². The standard InChI is InChI=1S/C12H24O/c1-5-12(4)7-6-10(9(2)3)11(13)8-12/h9-11,13H,5-8H2,1-4H3/t10-,11+,12+/m0/s1. The Bertz CT molecular complexity index is 165. The molecule has 1 N–H and O–H groups in total. The highest BCUT2D eigenvalue weighted by atomic mass is 16.3. The first-order valence-corrected chi connectivity index (χ1v) is 5.66. The van der Waals surface area contributed by atoms with Gasteiger partial charge >= 0.3 is 0 Å². The van der Waals surface area contributed by atoms with E-state index in [0.29, 0.717) is 17.3 Å². The number of hydrogen-bond acceptors (Lipinski definition) is 1. The number of rotatable bonds is 2. The molecule has 1 saturated carbocycles. The van der Waals surface area contributed by atoms with Crippen LogP contribution in [0.3, 0.4) is 0 Å². The van der Waals surface area contributed by atoms with Crippen molar-refractivity contribution in [3.8, 4) is 0 Å². The molecule has 1 fully saturated rings. The Balaban J connectivity index is 2.56. The van der Waals surface area contributed by atoms with E-state index in [1.807, 2.05) is 0 Å². The molecule has 0 aliphatic heterocycles. The molecule has 0 spiro atoms. The molecule has 0 bridgehead atoms. The molecule has 0 aromatic heterocycles. The lowest BCUT2D eigenvalue weighted by Crippen LogP contribution is -2.37. The van der Waals surface area contributed by atoms with E-state index in [1.54, 1.807) is 0 Å². The number of aliphatic hydroxyl groups excluding tert-OH is 1. The summed E-state index contributed by atoms with van der Waals surface area (Å²) >= 11 is 0. The van der Waals surface area contributed by atoms with E-state index in [1.165, 1.54) is 19.3 Å². The van der Waals surface area contributed by atoms with Crippen LogP contribution in [-0.4, -0.2) is 11.2 Å². The highest BCUT2D eigenvalue weighted by molar-refractivity contribution is 4.87. The van der Waals surface area contributed by atoms with Crippen molar-refractivity contribution in [2.75, 3.05) is 0 Å². The Labute approximate surface area is 82.5 Å². The van der Waals surface area contributed by atoms with Crippen molar-refractivity contribution in [2.45, 2.75) is 59.5 Å². The van der Waals surface area contributed by atoms with Gasteiger partial charge in [-0.25, -0.2) is 0 Å². The Kier molecular flexibility index (Phi) is 3.39. The monoisotopic (exact) mass is 184 g/mol. The van der Waals surface area contributed by atoms with Crippen LogP contribution >= 0.6 is 0 Å². The topological polar surface area (TPSA) is 20.2 Å². The van der Waals surface area contributed by atoms with Crippen LogP contribution in [-0.2, 0) is 0 Å². The zero-order valence-electron chi connectivity index (χ0n) is 9.51. The Morgan fingerprint density at radius 1 is 1.46 bits per heavy atom. The lowest BCUT2D eigenvalue weighted by Gasteiger charge is -2.41. The summed E-state index contributed by atoms with van der Waals surface area (Å²) in [5, 5.41) is 10.0. The maximum Gasteiger partial charge on any atom is 0.0576 e.